The summed E-state index contributed by atoms with van der Waals surface area (Å²) in [6.45, 7) is 2.81. The zero-order chi connectivity index (χ0) is 16.4. The van der Waals surface area contributed by atoms with Gasteiger partial charge in [0.2, 0.25) is 10.0 Å². The van der Waals surface area contributed by atoms with Crippen molar-refractivity contribution in [2.75, 3.05) is 13.6 Å². The minimum absolute atomic E-state index is 0.0440. The monoisotopic (exact) mass is 314 g/mol. The quantitative estimate of drug-likeness (QED) is 0.890. The first-order valence-corrected chi connectivity index (χ1v) is 7.44. The van der Waals surface area contributed by atoms with Gasteiger partial charge in [-0.2, -0.15) is 9.57 Å². The van der Waals surface area contributed by atoms with Gasteiger partial charge in [-0.05, 0) is 31.5 Å². The molecule has 21 heavy (non-hydrogen) atoms. The molecule has 0 aromatic heterocycles. The van der Waals surface area contributed by atoms with E-state index in [-0.39, 0.29) is 17.0 Å². The Hall–Kier alpha value is -1.98. The molecular weight excluding hydrogens is 299 g/mol. The van der Waals surface area contributed by atoms with E-state index in [4.69, 9.17) is 10.4 Å². The van der Waals surface area contributed by atoms with Gasteiger partial charge >= 0.3 is 5.97 Å². The van der Waals surface area contributed by atoms with Crippen molar-refractivity contribution >= 4 is 16.0 Å². The average molecular weight is 314 g/mol. The van der Waals surface area contributed by atoms with Gasteiger partial charge in [0.1, 0.15) is 5.82 Å². The van der Waals surface area contributed by atoms with E-state index in [2.05, 4.69) is 0 Å². The molecule has 0 saturated heterocycles. The number of carbonyl (C=O) groups is 1. The highest BCUT2D eigenvalue weighted by Crippen LogP contribution is 2.22. The Morgan fingerprint density at radius 2 is 2.10 bits per heavy atom. The van der Waals surface area contributed by atoms with E-state index < -0.39 is 33.3 Å². The zero-order valence-electron chi connectivity index (χ0n) is 11.8. The van der Waals surface area contributed by atoms with E-state index >= 15 is 0 Å². The van der Waals surface area contributed by atoms with Crippen LogP contribution in [0.3, 0.4) is 0 Å². The molecule has 1 aromatic carbocycles. The van der Waals surface area contributed by atoms with Crippen LogP contribution in [0.5, 0.6) is 0 Å². The van der Waals surface area contributed by atoms with E-state index in [1.165, 1.54) is 14.0 Å². The molecule has 0 saturated carbocycles. The lowest BCUT2D eigenvalue weighted by Gasteiger charge is -2.19. The second kappa shape index (κ2) is 6.20. The third kappa shape index (κ3) is 3.56. The minimum Gasteiger partial charge on any atom is -0.478 e. The van der Waals surface area contributed by atoms with Gasteiger partial charge in [-0.3, -0.25) is 0 Å². The van der Waals surface area contributed by atoms with Crippen LogP contribution in [0.2, 0.25) is 0 Å². The summed E-state index contributed by atoms with van der Waals surface area (Å²) >= 11 is 0. The molecule has 0 radical (unpaired) electrons. The zero-order valence-corrected chi connectivity index (χ0v) is 12.6. The molecule has 0 amide bonds. The standard InChI is InChI=1S/C13H15FN2O4S/c1-8(6-15)7-16(3)21(19,20)10-4-9(2)12(14)11(5-10)13(17)18/h4-5,8H,7H2,1-3H3,(H,17,18). The highest BCUT2D eigenvalue weighted by molar-refractivity contribution is 7.89. The lowest BCUT2D eigenvalue weighted by Crippen LogP contribution is -2.31. The van der Waals surface area contributed by atoms with Crippen molar-refractivity contribution in [3.05, 3.63) is 29.1 Å². The van der Waals surface area contributed by atoms with Crippen LogP contribution in [0.1, 0.15) is 22.8 Å². The van der Waals surface area contributed by atoms with E-state index in [0.29, 0.717) is 0 Å². The second-order valence-corrected chi connectivity index (χ2v) is 6.77. The molecule has 0 fully saturated rings. The molecule has 0 aliphatic rings. The predicted molar refractivity (Wildman–Crippen MR) is 72.7 cm³/mol. The maximum atomic E-state index is 13.7. The third-order valence-electron chi connectivity index (χ3n) is 2.92. The summed E-state index contributed by atoms with van der Waals surface area (Å²) in [5, 5.41) is 17.6. The highest BCUT2D eigenvalue weighted by atomic mass is 32.2. The van der Waals surface area contributed by atoms with E-state index in [1.54, 1.807) is 6.92 Å². The Morgan fingerprint density at radius 1 is 1.52 bits per heavy atom. The largest absolute Gasteiger partial charge is 0.478 e. The van der Waals surface area contributed by atoms with Gasteiger partial charge in [0.25, 0.3) is 0 Å². The molecule has 0 spiro atoms. The van der Waals surface area contributed by atoms with Gasteiger partial charge in [-0.15, -0.1) is 0 Å². The molecule has 1 aromatic rings. The minimum atomic E-state index is -3.99. The maximum absolute atomic E-state index is 13.7. The number of benzene rings is 1. The van der Waals surface area contributed by atoms with Gasteiger partial charge in [0, 0.05) is 13.6 Å². The van der Waals surface area contributed by atoms with E-state index in [1.807, 2.05) is 6.07 Å². The van der Waals surface area contributed by atoms with Crippen molar-refractivity contribution in [3.8, 4) is 6.07 Å². The Kier molecular flexibility index (Phi) is 5.04. The Morgan fingerprint density at radius 3 is 2.57 bits per heavy atom. The summed E-state index contributed by atoms with van der Waals surface area (Å²) < 4.78 is 39.2. The molecule has 1 unspecified atom stereocenters. The summed E-state index contributed by atoms with van der Waals surface area (Å²) in [5.41, 5.74) is -0.773. The number of rotatable bonds is 5. The van der Waals surface area contributed by atoms with Crippen LogP contribution in [-0.4, -0.2) is 37.4 Å². The molecule has 8 heteroatoms. The number of halogens is 1. The molecule has 6 nitrogen and oxygen atoms in total. The van der Waals surface area contributed by atoms with E-state index in [9.17, 15) is 17.6 Å². The van der Waals surface area contributed by atoms with Crippen LogP contribution >= 0.6 is 0 Å². The van der Waals surface area contributed by atoms with Crippen molar-refractivity contribution < 1.29 is 22.7 Å². The fourth-order valence-corrected chi connectivity index (χ4v) is 3.12. The van der Waals surface area contributed by atoms with Crippen LogP contribution in [0.15, 0.2) is 17.0 Å². The highest BCUT2D eigenvalue weighted by Gasteiger charge is 2.25. The summed E-state index contributed by atoms with van der Waals surface area (Å²) in [7, 11) is -2.71. The summed E-state index contributed by atoms with van der Waals surface area (Å²) in [5.74, 6) is -3.03. The molecule has 1 atom stereocenters. The SMILES string of the molecule is Cc1cc(S(=O)(=O)N(C)CC(C)C#N)cc(C(=O)O)c1F. The number of aromatic carboxylic acids is 1. The smallest absolute Gasteiger partial charge is 0.338 e. The van der Waals surface area contributed by atoms with Crippen LogP contribution in [-0.2, 0) is 10.0 Å². The van der Waals surface area contributed by atoms with Gasteiger partial charge in [-0.25, -0.2) is 17.6 Å². The molecule has 0 aliphatic carbocycles. The van der Waals surface area contributed by atoms with Crippen molar-refractivity contribution in [1.82, 2.24) is 4.31 Å². The number of sulfonamides is 1. The van der Waals surface area contributed by atoms with Crippen molar-refractivity contribution in [1.29, 1.82) is 5.26 Å². The number of carboxylic acids is 1. The van der Waals surface area contributed by atoms with E-state index in [0.717, 1.165) is 16.4 Å². The molecule has 114 valence electrons. The van der Waals surface area contributed by atoms with Gasteiger partial charge in [-0.1, -0.05) is 0 Å². The first kappa shape index (κ1) is 17.1. The number of carboxylic acid groups (broad SMARTS) is 1. The van der Waals surface area contributed by atoms with Crippen LogP contribution in [0.25, 0.3) is 0 Å². The number of nitrogens with zero attached hydrogens (tertiary/aromatic N) is 2. The fourth-order valence-electron chi connectivity index (χ4n) is 1.75. The normalized spacial score (nSPS) is 13.0. The molecule has 0 bridgehead atoms. The van der Waals surface area contributed by atoms with Crippen molar-refractivity contribution in [3.63, 3.8) is 0 Å². The molecular formula is C13H15FN2O4S. The third-order valence-corrected chi connectivity index (χ3v) is 4.72. The van der Waals surface area contributed by atoms with Gasteiger partial charge in [0.05, 0.1) is 22.4 Å². The van der Waals surface area contributed by atoms with Crippen LogP contribution in [0.4, 0.5) is 4.39 Å². The van der Waals surface area contributed by atoms with Gasteiger partial charge < -0.3 is 5.11 Å². The molecule has 0 aliphatic heterocycles. The number of hydrogen-bond donors (Lipinski definition) is 1. The summed E-state index contributed by atoms with van der Waals surface area (Å²) in [6, 6.07) is 3.77. The first-order valence-electron chi connectivity index (χ1n) is 6.00. The number of nitriles is 1. The fraction of sp³-hybridized carbons (Fsp3) is 0.385. The second-order valence-electron chi connectivity index (χ2n) is 4.72. The Labute approximate surface area is 122 Å². The first-order chi connectivity index (χ1) is 9.61. The van der Waals surface area contributed by atoms with Crippen LogP contribution < -0.4 is 0 Å². The van der Waals surface area contributed by atoms with Gasteiger partial charge in [0.15, 0.2) is 0 Å². The summed E-state index contributed by atoms with van der Waals surface area (Å²) in [4.78, 5) is 10.6. The van der Waals surface area contributed by atoms with Crippen molar-refractivity contribution in [2.24, 2.45) is 5.92 Å². The Bertz CT molecular complexity index is 710. The van der Waals surface area contributed by atoms with Crippen molar-refractivity contribution in [2.45, 2.75) is 18.7 Å². The number of hydrogen-bond acceptors (Lipinski definition) is 4. The summed E-state index contributed by atoms with van der Waals surface area (Å²) in [6.07, 6.45) is 0. The predicted octanol–water partition coefficient (Wildman–Crippen LogP) is 1.61. The van der Waals surface area contributed by atoms with Crippen LogP contribution in [0, 0.1) is 30.0 Å². The maximum Gasteiger partial charge on any atom is 0.338 e. The molecule has 1 rings (SSSR count). The topological polar surface area (TPSA) is 98.5 Å². The molecule has 1 N–H and O–H groups in total. The molecule has 0 heterocycles. The Balaban J connectivity index is 3.33. The lowest BCUT2D eigenvalue weighted by atomic mass is 10.1. The number of aryl methyl sites for hydroxylation is 1. The average Bonchev–Trinajstić information content (AvgIpc) is 2.40. The lowest BCUT2D eigenvalue weighted by molar-refractivity contribution is 0.0691.